The summed E-state index contributed by atoms with van der Waals surface area (Å²) in [6.07, 6.45) is 10.5. The van der Waals surface area contributed by atoms with Crippen molar-refractivity contribution in [2.45, 2.75) is 81.7 Å². The Bertz CT molecular complexity index is 1600. The van der Waals surface area contributed by atoms with Crippen LogP contribution in [0.25, 0.3) is 0 Å². The highest BCUT2D eigenvalue weighted by Crippen LogP contribution is 2.23. The van der Waals surface area contributed by atoms with Crippen LogP contribution in [-0.2, 0) is 39.0 Å². The number of aryl methyl sites for hydroxylation is 1. The van der Waals surface area contributed by atoms with Gasteiger partial charge in [-0.1, -0.05) is 66.2 Å². The molecule has 1 atom stereocenters. The molecule has 1 aliphatic heterocycles. The Balaban J connectivity index is 1.34. The summed E-state index contributed by atoms with van der Waals surface area (Å²) in [5.41, 5.74) is 4.13. The van der Waals surface area contributed by atoms with Crippen LogP contribution in [0.1, 0.15) is 68.1 Å². The minimum atomic E-state index is -3.50. The number of benzene rings is 3. The summed E-state index contributed by atoms with van der Waals surface area (Å²) in [5, 5.41) is 3.15. The van der Waals surface area contributed by atoms with Gasteiger partial charge in [0.25, 0.3) is 0 Å². The molecule has 0 radical (unpaired) electrons. The molecule has 2 aliphatic rings. The lowest BCUT2D eigenvalue weighted by atomic mass is 9.97. The lowest BCUT2D eigenvalue weighted by molar-refractivity contribution is -0.141. The van der Waals surface area contributed by atoms with Crippen LogP contribution in [0.4, 0.5) is 0 Å². The number of carbonyl (C=O) groups is 2. The second-order valence-corrected chi connectivity index (χ2v) is 14.4. The first-order chi connectivity index (χ1) is 22.8. The van der Waals surface area contributed by atoms with Gasteiger partial charge >= 0.3 is 0 Å². The van der Waals surface area contributed by atoms with Crippen molar-refractivity contribution >= 4 is 21.8 Å². The number of ether oxygens (including phenoxy) is 1. The van der Waals surface area contributed by atoms with Crippen LogP contribution in [0.15, 0.2) is 95.4 Å². The van der Waals surface area contributed by atoms with Crippen LogP contribution in [0.5, 0.6) is 5.75 Å². The van der Waals surface area contributed by atoms with Gasteiger partial charge in [-0.15, -0.1) is 0 Å². The molecular weight excluding hydrogens is 611 g/mol. The minimum Gasteiger partial charge on any atom is -0.497 e. The number of allylic oxidation sites excluding steroid dienone is 1. The van der Waals surface area contributed by atoms with Crippen LogP contribution in [0.3, 0.4) is 0 Å². The number of hydrogen-bond donors (Lipinski definition) is 1. The molecule has 250 valence electrons. The molecule has 3 aromatic carbocycles. The van der Waals surface area contributed by atoms with E-state index in [0.29, 0.717) is 32.5 Å². The van der Waals surface area contributed by atoms with Crippen molar-refractivity contribution in [3.05, 3.63) is 107 Å². The maximum absolute atomic E-state index is 14.1. The smallest absolute Gasteiger partial charge is 0.243 e. The summed E-state index contributed by atoms with van der Waals surface area (Å²) in [7, 11) is -1.89. The van der Waals surface area contributed by atoms with Gasteiger partial charge in [-0.3, -0.25) is 9.59 Å². The van der Waals surface area contributed by atoms with Crippen LogP contribution in [0.2, 0.25) is 0 Å². The summed E-state index contributed by atoms with van der Waals surface area (Å²) in [4.78, 5) is 30.0. The average Bonchev–Trinajstić information content (AvgIpc) is 3.67. The number of methoxy groups -OCH3 is 1. The Labute approximate surface area is 279 Å². The van der Waals surface area contributed by atoms with E-state index < -0.39 is 16.1 Å². The van der Waals surface area contributed by atoms with E-state index in [-0.39, 0.29) is 29.7 Å². The molecule has 0 bridgehead atoms. The van der Waals surface area contributed by atoms with Crippen molar-refractivity contribution in [1.82, 2.24) is 14.5 Å². The monoisotopic (exact) mass is 657 g/mol. The van der Waals surface area contributed by atoms with Crippen molar-refractivity contribution in [3.8, 4) is 5.75 Å². The van der Waals surface area contributed by atoms with Crippen LogP contribution >= 0.6 is 0 Å². The summed E-state index contributed by atoms with van der Waals surface area (Å²) in [6, 6.07) is 23.5. The maximum atomic E-state index is 14.1. The fourth-order valence-electron chi connectivity index (χ4n) is 6.38. The van der Waals surface area contributed by atoms with Gasteiger partial charge < -0.3 is 15.0 Å². The van der Waals surface area contributed by atoms with Gasteiger partial charge in [-0.05, 0) is 92.3 Å². The number of sulfonamides is 1. The third-order valence-electron chi connectivity index (χ3n) is 9.17. The molecule has 0 spiro atoms. The Morgan fingerprint density at radius 1 is 0.851 bits per heavy atom. The van der Waals surface area contributed by atoms with E-state index in [9.17, 15) is 18.0 Å². The van der Waals surface area contributed by atoms with Gasteiger partial charge in [0.2, 0.25) is 21.8 Å². The van der Waals surface area contributed by atoms with Crippen molar-refractivity contribution in [1.29, 1.82) is 0 Å². The highest BCUT2D eigenvalue weighted by molar-refractivity contribution is 7.89. The van der Waals surface area contributed by atoms with Crippen LogP contribution in [0, 0.1) is 0 Å². The molecule has 1 saturated heterocycles. The predicted octanol–water partition coefficient (Wildman–Crippen LogP) is 6.06. The lowest BCUT2D eigenvalue weighted by Crippen LogP contribution is -2.50. The quantitative estimate of drug-likeness (QED) is 0.201. The molecule has 0 aromatic heterocycles. The molecule has 1 aliphatic carbocycles. The highest BCUT2D eigenvalue weighted by Gasteiger charge is 2.31. The SMILES string of the molecule is COc1ccc(CN(C(=O)CCc2ccc(S(=O)(=O)N3CCCC3)cc2)C(Cc2ccccc2)C(=O)NCCC2=CCCCC2)cc1. The van der Waals surface area contributed by atoms with E-state index in [1.54, 1.807) is 36.3 Å². The normalized spacial score (nSPS) is 15.9. The Kier molecular flexibility index (Phi) is 12.3. The number of amides is 2. The Hall–Kier alpha value is -3.95. The molecule has 1 heterocycles. The lowest BCUT2D eigenvalue weighted by Gasteiger charge is -2.32. The molecule has 2 amide bonds. The minimum absolute atomic E-state index is 0.138. The summed E-state index contributed by atoms with van der Waals surface area (Å²) < 4.78 is 32.8. The van der Waals surface area contributed by atoms with Crippen molar-refractivity contribution in [2.75, 3.05) is 26.7 Å². The number of hydrogen-bond acceptors (Lipinski definition) is 5. The molecule has 9 heteroatoms. The highest BCUT2D eigenvalue weighted by atomic mass is 32.2. The third kappa shape index (κ3) is 9.55. The van der Waals surface area contributed by atoms with Crippen molar-refractivity contribution in [2.24, 2.45) is 0 Å². The zero-order chi connectivity index (χ0) is 33.1. The van der Waals surface area contributed by atoms with Crippen LogP contribution < -0.4 is 10.1 Å². The average molecular weight is 658 g/mol. The van der Waals surface area contributed by atoms with E-state index in [1.807, 2.05) is 54.6 Å². The maximum Gasteiger partial charge on any atom is 0.243 e. The van der Waals surface area contributed by atoms with Gasteiger partial charge in [-0.25, -0.2) is 8.42 Å². The van der Waals surface area contributed by atoms with Crippen LogP contribution in [-0.4, -0.2) is 62.2 Å². The molecular formula is C38H47N3O5S. The molecule has 1 unspecified atom stereocenters. The largest absolute Gasteiger partial charge is 0.497 e. The number of carbonyl (C=O) groups excluding carboxylic acids is 2. The summed E-state index contributed by atoms with van der Waals surface area (Å²) in [6.45, 7) is 1.91. The van der Waals surface area contributed by atoms with E-state index in [1.165, 1.54) is 22.7 Å². The fourth-order valence-corrected chi connectivity index (χ4v) is 7.89. The number of rotatable bonds is 15. The van der Waals surface area contributed by atoms with Gasteiger partial charge in [0, 0.05) is 39.0 Å². The molecule has 1 fully saturated rings. The Morgan fingerprint density at radius 2 is 1.55 bits per heavy atom. The predicted molar refractivity (Wildman–Crippen MR) is 184 cm³/mol. The molecule has 0 saturated carbocycles. The summed E-state index contributed by atoms with van der Waals surface area (Å²) in [5.74, 6) is 0.418. The molecule has 8 nitrogen and oxygen atoms in total. The first-order valence-electron chi connectivity index (χ1n) is 16.8. The van der Waals surface area contributed by atoms with Gasteiger partial charge in [0.15, 0.2) is 0 Å². The van der Waals surface area contributed by atoms with Gasteiger partial charge in [-0.2, -0.15) is 4.31 Å². The van der Waals surface area contributed by atoms with E-state index in [4.69, 9.17) is 4.74 Å². The second-order valence-electron chi connectivity index (χ2n) is 12.5. The van der Waals surface area contributed by atoms with Gasteiger partial charge in [0.1, 0.15) is 11.8 Å². The zero-order valence-corrected chi connectivity index (χ0v) is 28.2. The third-order valence-corrected chi connectivity index (χ3v) is 11.1. The molecule has 47 heavy (non-hydrogen) atoms. The van der Waals surface area contributed by atoms with Crippen molar-refractivity contribution < 1.29 is 22.7 Å². The van der Waals surface area contributed by atoms with E-state index in [2.05, 4.69) is 11.4 Å². The van der Waals surface area contributed by atoms with E-state index >= 15 is 0 Å². The molecule has 1 N–H and O–H groups in total. The fraction of sp³-hybridized carbons (Fsp3) is 0.421. The number of nitrogens with zero attached hydrogens (tertiary/aromatic N) is 2. The molecule has 5 rings (SSSR count). The number of nitrogens with one attached hydrogen (secondary N) is 1. The first-order valence-corrected chi connectivity index (χ1v) is 18.3. The first kappa shape index (κ1) is 34.4. The topological polar surface area (TPSA) is 96.0 Å². The standard InChI is InChI=1S/C38H47N3O5S/c1-46-34-19-14-33(15-20-34)29-41(37(42)23-18-31-16-21-35(22-17-31)47(44,45)40-26-8-9-27-40)36(28-32-12-6-3-7-13-32)38(43)39-25-24-30-10-4-2-5-11-30/h3,6-7,10,12-17,19-22,36H,2,4-5,8-9,11,18,23-29H2,1H3,(H,39,43). The van der Waals surface area contributed by atoms with Gasteiger partial charge in [0.05, 0.1) is 12.0 Å². The summed E-state index contributed by atoms with van der Waals surface area (Å²) >= 11 is 0. The second kappa shape index (κ2) is 16.7. The zero-order valence-electron chi connectivity index (χ0n) is 27.4. The molecule has 3 aromatic rings. The van der Waals surface area contributed by atoms with E-state index in [0.717, 1.165) is 54.5 Å². The Morgan fingerprint density at radius 3 is 2.21 bits per heavy atom. The van der Waals surface area contributed by atoms with Crippen molar-refractivity contribution in [3.63, 3.8) is 0 Å².